The van der Waals surface area contributed by atoms with E-state index in [-0.39, 0.29) is 0 Å². The average Bonchev–Trinajstić information content (AvgIpc) is 2.09. The molecule has 0 saturated heterocycles. The topological polar surface area (TPSA) is 75.4 Å². The molecule has 4 nitrogen and oxygen atoms in total. The van der Waals surface area contributed by atoms with Crippen LogP contribution in [0.15, 0.2) is 36.4 Å². The highest BCUT2D eigenvalue weighted by Gasteiger charge is 1.75. The van der Waals surface area contributed by atoms with E-state index in [0.717, 1.165) is 0 Å². The van der Waals surface area contributed by atoms with E-state index in [1.165, 1.54) is 5.48 Å². The number of benzene rings is 1. The van der Waals surface area contributed by atoms with E-state index in [1.807, 2.05) is 36.4 Å². The summed E-state index contributed by atoms with van der Waals surface area (Å²) >= 11 is 0. The van der Waals surface area contributed by atoms with Gasteiger partial charge in [-0.05, 0) is 0 Å². The number of primary amides is 1. The van der Waals surface area contributed by atoms with Crippen LogP contribution in [-0.2, 0) is 0 Å². The van der Waals surface area contributed by atoms with Crippen LogP contribution in [0, 0.1) is 0 Å². The van der Waals surface area contributed by atoms with Crippen LogP contribution in [0.2, 0.25) is 0 Å². The largest absolute Gasteiger partial charge is 0.350 e. The predicted octanol–water partition coefficient (Wildman–Crippen LogP) is 0.730. The van der Waals surface area contributed by atoms with Gasteiger partial charge in [-0.25, -0.2) is 10.3 Å². The van der Waals surface area contributed by atoms with Gasteiger partial charge in [0.2, 0.25) is 0 Å². The number of hydrogen-bond acceptors (Lipinski definition) is 2. The van der Waals surface area contributed by atoms with Crippen molar-refractivity contribution >= 4 is 6.03 Å². The average molecular weight is 154 g/mol. The van der Waals surface area contributed by atoms with Crippen LogP contribution in [0.5, 0.6) is 0 Å². The van der Waals surface area contributed by atoms with Crippen LogP contribution in [0.4, 0.5) is 4.79 Å². The zero-order valence-electron chi connectivity index (χ0n) is 5.90. The van der Waals surface area contributed by atoms with Gasteiger partial charge in [0.15, 0.2) is 0 Å². The molecule has 0 heterocycles. The zero-order chi connectivity index (χ0) is 8.53. The Kier molecular flexibility index (Phi) is 5.64. The van der Waals surface area contributed by atoms with Crippen molar-refractivity contribution in [2.45, 2.75) is 0 Å². The molecule has 60 valence electrons. The first-order valence-electron chi connectivity index (χ1n) is 2.97. The van der Waals surface area contributed by atoms with Crippen molar-refractivity contribution in [1.82, 2.24) is 5.48 Å². The molecule has 11 heavy (non-hydrogen) atoms. The Balaban J connectivity index is 0.000000187. The lowest BCUT2D eigenvalue weighted by Gasteiger charge is -1.79. The number of urea groups is 1. The number of rotatable bonds is 0. The summed E-state index contributed by atoms with van der Waals surface area (Å²) in [5.41, 5.74) is 5.46. The third-order valence-corrected chi connectivity index (χ3v) is 0.777. The van der Waals surface area contributed by atoms with Crippen molar-refractivity contribution in [2.75, 3.05) is 0 Å². The van der Waals surface area contributed by atoms with Gasteiger partial charge >= 0.3 is 6.03 Å². The van der Waals surface area contributed by atoms with E-state index >= 15 is 0 Å². The number of carbonyl (C=O) groups is 1. The first-order chi connectivity index (χ1) is 5.27. The Morgan fingerprint density at radius 3 is 1.36 bits per heavy atom. The molecule has 1 aromatic rings. The quantitative estimate of drug-likeness (QED) is 0.380. The zero-order valence-corrected chi connectivity index (χ0v) is 5.90. The number of hydroxylamine groups is 1. The van der Waals surface area contributed by atoms with Crippen LogP contribution in [-0.4, -0.2) is 11.2 Å². The fraction of sp³-hybridized carbons (Fsp3) is 0. The third-order valence-electron chi connectivity index (χ3n) is 0.777. The molecule has 0 aliphatic heterocycles. The molecule has 1 aromatic carbocycles. The summed E-state index contributed by atoms with van der Waals surface area (Å²) in [4.78, 5) is 9.23. The van der Waals surface area contributed by atoms with Gasteiger partial charge in [-0.3, -0.25) is 5.21 Å². The van der Waals surface area contributed by atoms with E-state index in [1.54, 1.807) is 0 Å². The molecule has 0 aliphatic carbocycles. The molecular formula is C7H10N2O2. The standard InChI is InChI=1S/C6H6.CH4N2O2/c1-2-4-6-5-3-1;2-1(4)3-5/h1-6H;5H,(H3,2,3,4). The molecular weight excluding hydrogens is 144 g/mol. The lowest BCUT2D eigenvalue weighted by atomic mass is 10.4. The summed E-state index contributed by atoms with van der Waals surface area (Å²) in [7, 11) is 0. The predicted molar refractivity (Wildman–Crippen MR) is 40.9 cm³/mol. The van der Waals surface area contributed by atoms with Gasteiger partial charge in [0.05, 0.1) is 0 Å². The Morgan fingerprint density at radius 1 is 1.09 bits per heavy atom. The number of hydrogen-bond donors (Lipinski definition) is 3. The molecule has 1 rings (SSSR count). The summed E-state index contributed by atoms with van der Waals surface area (Å²) in [6.45, 7) is 0. The number of amides is 2. The van der Waals surface area contributed by atoms with Gasteiger partial charge in [0.1, 0.15) is 0 Å². The van der Waals surface area contributed by atoms with Crippen molar-refractivity contribution in [3.8, 4) is 0 Å². The summed E-state index contributed by atoms with van der Waals surface area (Å²) in [5, 5.41) is 7.42. The summed E-state index contributed by atoms with van der Waals surface area (Å²) in [5.74, 6) is 0. The van der Waals surface area contributed by atoms with Crippen molar-refractivity contribution in [1.29, 1.82) is 0 Å². The summed E-state index contributed by atoms with van der Waals surface area (Å²) in [6, 6.07) is 11.1. The van der Waals surface area contributed by atoms with Gasteiger partial charge in [-0.2, -0.15) is 0 Å². The minimum atomic E-state index is -0.940. The third kappa shape index (κ3) is 8.45. The SMILES string of the molecule is NC(=O)NO.c1ccccc1. The minimum absolute atomic E-state index is 0.940. The van der Waals surface area contributed by atoms with E-state index in [9.17, 15) is 4.79 Å². The molecule has 0 aromatic heterocycles. The van der Waals surface area contributed by atoms with Crippen molar-refractivity contribution < 1.29 is 10.0 Å². The minimum Gasteiger partial charge on any atom is -0.350 e. The monoisotopic (exact) mass is 154 g/mol. The van der Waals surface area contributed by atoms with Crippen LogP contribution in [0.3, 0.4) is 0 Å². The second-order valence-electron chi connectivity index (χ2n) is 1.63. The highest BCUT2D eigenvalue weighted by Crippen LogP contribution is 1.79. The molecule has 0 fully saturated rings. The maximum Gasteiger partial charge on any atom is 0.335 e. The van der Waals surface area contributed by atoms with Crippen LogP contribution in [0.25, 0.3) is 0 Å². The first kappa shape index (κ1) is 9.45. The molecule has 2 amide bonds. The molecule has 4 heteroatoms. The number of nitrogens with one attached hydrogen (secondary N) is 1. The van der Waals surface area contributed by atoms with Crippen molar-refractivity contribution in [3.63, 3.8) is 0 Å². The van der Waals surface area contributed by atoms with E-state index < -0.39 is 6.03 Å². The number of nitrogens with two attached hydrogens (primary N) is 1. The molecule has 4 N–H and O–H groups in total. The molecule has 0 radical (unpaired) electrons. The fourth-order valence-electron chi connectivity index (χ4n) is 0.385. The fourth-order valence-corrected chi connectivity index (χ4v) is 0.385. The molecule has 0 saturated carbocycles. The van der Waals surface area contributed by atoms with E-state index in [0.29, 0.717) is 0 Å². The first-order valence-corrected chi connectivity index (χ1v) is 2.97. The summed E-state index contributed by atoms with van der Waals surface area (Å²) < 4.78 is 0. The second-order valence-corrected chi connectivity index (χ2v) is 1.63. The van der Waals surface area contributed by atoms with Crippen molar-refractivity contribution in [3.05, 3.63) is 36.4 Å². The molecule has 0 aliphatic rings. The van der Waals surface area contributed by atoms with Gasteiger partial charge in [0, 0.05) is 0 Å². The van der Waals surface area contributed by atoms with Crippen LogP contribution in [0.1, 0.15) is 0 Å². The Hall–Kier alpha value is -1.55. The summed E-state index contributed by atoms with van der Waals surface area (Å²) in [6.07, 6.45) is 0. The van der Waals surface area contributed by atoms with E-state index in [2.05, 4.69) is 5.73 Å². The maximum atomic E-state index is 9.23. The molecule has 0 unspecified atom stereocenters. The van der Waals surface area contributed by atoms with Crippen molar-refractivity contribution in [2.24, 2.45) is 5.73 Å². The highest BCUT2D eigenvalue weighted by molar-refractivity contribution is 5.69. The van der Waals surface area contributed by atoms with Gasteiger partial charge in [-0.1, -0.05) is 36.4 Å². The Labute approximate surface area is 64.6 Å². The molecule has 0 atom stereocenters. The smallest absolute Gasteiger partial charge is 0.335 e. The van der Waals surface area contributed by atoms with E-state index in [4.69, 9.17) is 5.21 Å². The normalized spacial score (nSPS) is 7.36. The van der Waals surface area contributed by atoms with Crippen LogP contribution >= 0.6 is 0 Å². The Morgan fingerprint density at radius 2 is 1.27 bits per heavy atom. The van der Waals surface area contributed by atoms with Gasteiger partial charge < -0.3 is 5.73 Å². The lowest BCUT2D eigenvalue weighted by molar-refractivity contribution is 0.169. The molecule has 0 bridgehead atoms. The Bertz CT molecular complexity index is 162. The second kappa shape index (κ2) is 6.57. The van der Waals surface area contributed by atoms with Crippen LogP contribution < -0.4 is 11.2 Å². The highest BCUT2D eigenvalue weighted by atomic mass is 16.5. The lowest BCUT2D eigenvalue weighted by Crippen LogP contribution is -2.25. The van der Waals surface area contributed by atoms with Gasteiger partial charge in [0.25, 0.3) is 0 Å². The molecule has 0 spiro atoms. The maximum absolute atomic E-state index is 9.23. The van der Waals surface area contributed by atoms with Gasteiger partial charge in [-0.15, -0.1) is 0 Å². The number of carbonyl (C=O) groups excluding carboxylic acids is 1.